The minimum absolute atomic E-state index is 0.144. The second kappa shape index (κ2) is 3.64. The number of Topliss-reactive ketones (excluding diaryl/α,β-unsaturated/α-hetero) is 1. The third-order valence-corrected chi connectivity index (χ3v) is 1.82. The molecule has 0 bridgehead atoms. The second-order valence-corrected chi connectivity index (χ2v) is 2.76. The zero-order valence-corrected chi connectivity index (χ0v) is 6.72. The van der Waals surface area contributed by atoms with Crippen molar-refractivity contribution < 1.29 is 9.53 Å². The van der Waals surface area contributed by atoms with Gasteiger partial charge in [-0.1, -0.05) is 6.58 Å². The molecule has 0 atom stereocenters. The SMILES string of the molecule is C=C(COC)C(=O)C1CNC1. The number of methoxy groups -OCH3 is 1. The van der Waals surface area contributed by atoms with Crippen LogP contribution in [0.1, 0.15) is 0 Å². The van der Waals surface area contributed by atoms with Crippen LogP contribution in [-0.2, 0) is 9.53 Å². The van der Waals surface area contributed by atoms with Gasteiger partial charge in [0.05, 0.1) is 6.61 Å². The van der Waals surface area contributed by atoms with Gasteiger partial charge in [-0.2, -0.15) is 0 Å². The first-order valence-corrected chi connectivity index (χ1v) is 3.67. The normalized spacial score (nSPS) is 17.5. The van der Waals surface area contributed by atoms with Crippen molar-refractivity contribution in [1.82, 2.24) is 5.32 Å². The van der Waals surface area contributed by atoms with Gasteiger partial charge in [0.15, 0.2) is 5.78 Å². The lowest BCUT2D eigenvalue weighted by atomic mass is 9.94. The van der Waals surface area contributed by atoms with Crippen LogP contribution in [0.4, 0.5) is 0 Å². The van der Waals surface area contributed by atoms with Crippen LogP contribution in [0.2, 0.25) is 0 Å². The highest BCUT2D eigenvalue weighted by atomic mass is 16.5. The predicted octanol–water partition coefficient (Wildman–Crippen LogP) is -0.0225. The van der Waals surface area contributed by atoms with Crippen LogP contribution in [0.25, 0.3) is 0 Å². The van der Waals surface area contributed by atoms with Gasteiger partial charge in [-0.05, 0) is 0 Å². The zero-order valence-electron chi connectivity index (χ0n) is 6.72. The first kappa shape index (κ1) is 8.43. The molecular formula is C8H13NO2. The van der Waals surface area contributed by atoms with Gasteiger partial charge < -0.3 is 10.1 Å². The fourth-order valence-corrected chi connectivity index (χ4v) is 1.01. The lowest BCUT2D eigenvalue weighted by molar-refractivity contribution is -0.121. The van der Waals surface area contributed by atoms with E-state index in [9.17, 15) is 4.79 Å². The van der Waals surface area contributed by atoms with E-state index in [0.29, 0.717) is 12.2 Å². The average Bonchev–Trinajstić information content (AvgIpc) is 1.84. The quantitative estimate of drug-likeness (QED) is 0.580. The minimum Gasteiger partial charge on any atom is -0.380 e. The maximum absolute atomic E-state index is 11.3. The van der Waals surface area contributed by atoms with Crippen LogP contribution in [-0.4, -0.2) is 32.6 Å². The number of hydrogen-bond acceptors (Lipinski definition) is 3. The van der Waals surface area contributed by atoms with Crippen LogP contribution >= 0.6 is 0 Å². The van der Waals surface area contributed by atoms with Crippen molar-refractivity contribution in [1.29, 1.82) is 0 Å². The molecule has 1 saturated heterocycles. The molecule has 1 aliphatic rings. The first-order valence-electron chi connectivity index (χ1n) is 3.67. The summed E-state index contributed by atoms with van der Waals surface area (Å²) in [6, 6.07) is 0. The summed E-state index contributed by atoms with van der Waals surface area (Å²) in [5, 5.41) is 3.04. The summed E-state index contributed by atoms with van der Waals surface area (Å²) in [5.74, 6) is 0.295. The van der Waals surface area contributed by atoms with Crippen LogP contribution in [0, 0.1) is 5.92 Å². The molecule has 0 spiro atoms. The van der Waals surface area contributed by atoms with Crippen LogP contribution in [0.3, 0.4) is 0 Å². The van der Waals surface area contributed by atoms with Crippen molar-refractivity contribution in [3.63, 3.8) is 0 Å². The van der Waals surface area contributed by atoms with Crippen LogP contribution < -0.4 is 5.32 Å². The second-order valence-electron chi connectivity index (χ2n) is 2.76. The van der Waals surface area contributed by atoms with Crippen molar-refractivity contribution in [3.05, 3.63) is 12.2 Å². The summed E-state index contributed by atoms with van der Waals surface area (Å²) >= 11 is 0. The molecule has 1 aliphatic heterocycles. The molecule has 62 valence electrons. The van der Waals surface area contributed by atoms with Crippen molar-refractivity contribution in [2.24, 2.45) is 5.92 Å². The van der Waals surface area contributed by atoms with E-state index in [2.05, 4.69) is 11.9 Å². The highest BCUT2D eigenvalue weighted by Crippen LogP contribution is 2.09. The Morgan fingerprint density at radius 1 is 1.73 bits per heavy atom. The van der Waals surface area contributed by atoms with Crippen LogP contribution in [0.15, 0.2) is 12.2 Å². The van der Waals surface area contributed by atoms with E-state index < -0.39 is 0 Å². The van der Waals surface area contributed by atoms with E-state index in [1.165, 1.54) is 0 Å². The Hall–Kier alpha value is -0.670. The third-order valence-electron chi connectivity index (χ3n) is 1.82. The smallest absolute Gasteiger partial charge is 0.166 e. The fraction of sp³-hybridized carbons (Fsp3) is 0.625. The van der Waals surface area contributed by atoms with Gasteiger partial charge in [0.2, 0.25) is 0 Å². The number of carbonyl (C=O) groups excluding carboxylic acids is 1. The summed E-state index contributed by atoms with van der Waals surface area (Å²) in [6.45, 7) is 5.59. The molecule has 0 saturated carbocycles. The Kier molecular flexibility index (Phi) is 2.79. The molecular weight excluding hydrogens is 142 g/mol. The maximum Gasteiger partial charge on any atom is 0.166 e. The van der Waals surface area contributed by atoms with E-state index in [1.54, 1.807) is 7.11 Å². The molecule has 11 heavy (non-hydrogen) atoms. The third kappa shape index (κ3) is 1.88. The van der Waals surface area contributed by atoms with E-state index >= 15 is 0 Å². The summed E-state index contributed by atoms with van der Waals surface area (Å²) in [6.07, 6.45) is 0. The molecule has 0 aromatic heterocycles. The van der Waals surface area contributed by atoms with Gasteiger partial charge in [0.25, 0.3) is 0 Å². The Balaban J connectivity index is 2.33. The van der Waals surface area contributed by atoms with Gasteiger partial charge in [-0.25, -0.2) is 0 Å². The van der Waals surface area contributed by atoms with Crippen molar-refractivity contribution >= 4 is 5.78 Å². The largest absolute Gasteiger partial charge is 0.380 e. The minimum atomic E-state index is 0.144. The van der Waals surface area contributed by atoms with E-state index in [1.807, 2.05) is 0 Å². The molecule has 0 radical (unpaired) electrons. The molecule has 0 aromatic carbocycles. The predicted molar refractivity (Wildman–Crippen MR) is 42.4 cm³/mol. The van der Waals surface area contributed by atoms with E-state index in [4.69, 9.17) is 4.74 Å². The number of carbonyl (C=O) groups is 1. The number of hydrogen-bond donors (Lipinski definition) is 1. The van der Waals surface area contributed by atoms with Crippen LogP contribution in [0.5, 0.6) is 0 Å². The highest BCUT2D eigenvalue weighted by molar-refractivity contribution is 5.97. The summed E-state index contributed by atoms with van der Waals surface area (Å²) < 4.78 is 4.80. The number of ketones is 1. The number of nitrogens with one attached hydrogen (secondary N) is 1. The Morgan fingerprint density at radius 2 is 2.36 bits per heavy atom. The molecule has 0 amide bonds. The summed E-state index contributed by atoms with van der Waals surface area (Å²) in [7, 11) is 1.57. The lowest BCUT2D eigenvalue weighted by Crippen LogP contribution is -2.47. The van der Waals surface area contributed by atoms with Crippen molar-refractivity contribution in [3.8, 4) is 0 Å². The molecule has 0 aromatic rings. The van der Waals surface area contributed by atoms with E-state index in [-0.39, 0.29) is 11.7 Å². The van der Waals surface area contributed by atoms with Crippen molar-refractivity contribution in [2.45, 2.75) is 0 Å². The lowest BCUT2D eigenvalue weighted by Gasteiger charge is -2.26. The molecule has 3 nitrogen and oxygen atoms in total. The number of ether oxygens (including phenoxy) is 1. The fourth-order valence-electron chi connectivity index (χ4n) is 1.01. The first-order chi connectivity index (χ1) is 5.25. The summed E-state index contributed by atoms with van der Waals surface area (Å²) in [5.41, 5.74) is 0.582. The molecule has 1 fully saturated rings. The number of rotatable bonds is 4. The standard InChI is InChI=1S/C8H13NO2/c1-6(5-11-2)8(10)7-3-9-4-7/h7,9H,1,3-5H2,2H3. The van der Waals surface area contributed by atoms with Crippen molar-refractivity contribution in [2.75, 3.05) is 26.8 Å². The average molecular weight is 155 g/mol. The summed E-state index contributed by atoms with van der Waals surface area (Å²) in [4.78, 5) is 11.3. The topological polar surface area (TPSA) is 38.3 Å². The highest BCUT2D eigenvalue weighted by Gasteiger charge is 2.26. The zero-order chi connectivity index (χ0) is 8.27. The van der Waals surface area contributed by atoms with Gasteiger partial charge in [-0.3, -0.25) is 4.79 Å². The van der Waals surface area contributed by atoms with E-state index in [0.717, 1.165) is 13.1 Å². The Bertz CT molecular complexity index is 173. The molecule has 1 rings (SSSR count). The monoisotopic (exact) mass is 155 g/mol. The Labute approximate surface area is 66.4 Å². The molecule has 1 heterocycles. The Morgan fingerprint density at radius 3 is 2.73 bits per heavy atom. The van der Waals surface area contributed by atoms with Gasteiger partial charge in [-0.15, -0.1) is 0 Å². The van der Waals surface area contributed by atoms with Gasteiger partial charge in [0.1, 0.15) is 0 Å². The molecule has 0 aliphatic carbocycles. The maximum atomic E-state index is 11.3. The molecule has 3 heteroatoms. The van der Waals surface area contributed by atoms with Gasteiger partial charge >= 0.3 is 0 Å². The van der Waals surface area contributed by atoms with Gasteiger partial charge in [0, 0.05) is 31.7 Å². The molecule has 0 unspecified atom stereocenters. The molecule has 1 N–H and O–H groups in total.